The van der Waals surface area contributed by atoms with Crippen LogP contribution in [0.25, 0.3) is 11.4 Å². The zero-order chi connectivity index (χ0) is 18.2. The quantitative estimate of drug-likeness (QED) is 0.607. The van der Waals surface area contributed by atoms with Crippen LogP contribution in [0.1, 0.15) is 17.7 Å². The summed E-state index contributed by atoms with van der Waals surface area (Å²) in [5.74, 6) is 1.24. The lowest BCUT2D eigenvalue weighted by atomic mass is 10.1. The zero-order valence-corrected chi connectivity index (χ0v) is 14.6. The van der Waals surface area contributed by atoms with Crippen molar-refractivity contribution in [2.24, 2.45) is 0 Å². The minimum absolute atomic E-state index is 0.205. The van der Waals surface area contributed by atoms with Gasteiger partial charge in [-0.05, 0) is 30.2 Å². The summed E-state index contributed by atoms with van der Waals surface area (Å²) < 4.78 is 10.5. The number of aromatic nitrogens is 2. The molecule has 2 aromatic carbocycles. The van der Waals surface area contributed by atoms with Crippen LogP contribution in [0.2, 0.25) is 0 Å². The number of benzene rings is 2. The maximum absolute atomic E-state index is 11.2. The lowest BCUT2D eigenvalue weighted by Crippen LogP contribution is -2.02. The minimum Gasteiger partial charge on any atom is -0.487 e. The average molecular weight is 348 g/mol. The van der Waals surface area contributed by atoms with Crippen LogP contribution in [0.5, 0.6) is 5.75 Å². The molecular weight excluding hydrogens is 328 g/mol. The van der Waals surface area contributed by atoms with Gasteiger partial charge < -0.3 is 9.47 Å². The van der Waals surface area contributed by atoms with E-state index in [2.05, 4.69) is 14.7 Å². The summed E-state index contributed by atoms with van der Waals surface area (Å²) in [6.07, 6.45) is 2.77. The van der Waals surface area contributed by atoms with Crippen LogP contribution in [0.15, 0.2) is 66.9 Å². The molecule has 132 valence electrons. The highest BCUT2D eigenvalue weighted by Gasteiger charge is 2.04. The number of nitrogens with zero attached hydrogens (tertiary/aromatic N) is 2. The number of ether oxygens (including phenoxy) is 2. The molecule has 0 bridgehead atoms. The Kier molecular flexibility index (Phi) is 5.93. The highest BCUT2D eigenvalue weighted by molar-refractivity contribution is 5.69. The number of aryl methyl sites for hydroxylation is 1. The SMILES string of the molecule is COC(=O)CCc1ccc(OCc2ccnc(-c3ccccc3)n2)cc1. The Morgan fingerprint density at radius 2 is 1.77 bits per heavy atom. The molecule has 0 aliphatic carbocycles. The van der Waals surface area contributed by atoms with Crippen LogP contribution >= 0.6 is 0 Å². The molecule has 0 amide bonds. The van der Waals surface area contributed by atoms with E-state index in [-0.39, 0.29) is 5.97 Å². The van der Waals surface area contributed by atoms with E-state index in [1.54, 1.807) is 6.20 Å². The van der Waals surface area contributed by atoms with Crippen molar-refractivity contribution in [2.75, 3.05) is 7.11 Å². The molecular formula is C21H20N2O3. The molecule has 5 heteroatoms. The number of carbonyl (C=O) groups is 1. The Bertz CT molecular complexity index is 849. The summed E-state index contributed by atoms with van der Waals surface area (Å²) in [5, 5.41) is 0. The van der Waals surface area contributed by atoms with E-state index in [1.807, 2.05) is 60.7 Å². The highest BCUT2D eigenvalue weighted by Crippen LogP contribution is 2.17. The van der Waals surface area contributed by atoms with Gasteiger partial charge in [0.05, 0.1) is 12.8 Å². The first kappa shape index (κ1) is 17.6. The fourth-order valence-corrected chi connectivity index (χ4v) is 2.46. The molecule has 0 aliphatic heterocycles. The molecule has 0 N–H and O–H groups in total. The van der Waals surface area contributed by atoms with Crippen molar-refractivity contribution in [1.29, 1.82) is 0 Å². The third-order valence-electron chi connectivity index (χ3n) is 3.90. The van der Waals surface area contributed by atoms with Gasteiger partial charge in [0.15, 0.2) is 5.82 Å². The second-order valence-electron chi connectivity index (χ2n) is 5.75. The van der Waals surface area contributed by atoms with E-state index < -0.39 is 0 Å². The van der Waals surface area contributed by atoms with Crippen molar-refractivity contribution in [3.8, 4) is 17.1 Å². The number of hydrogen-bond acceptors (Lipinski definition) is 5. The Morgan fingerprint density at radius 3 is 2.50 bits per heavy atom. The number of rotatable bonds is 7. The maximum Gasteiger partial charge on any atom is 0.305 e. The fraction of sp³-hybridized carbons (Fsp3) is 0.190. The van der Waals surface area contributed by atoms with Gasteiger partial charge in [-0.1, -0.05) is 42.5 Å². The first-order valence-corrected chi connectivity index (χ1v) is 8.40. The van der Waals surface area contributed by atoms with Crippen molar-refractivity contribution in [2.45, 2.75) is 19.4 Å². The van der Waals surface area contributed by atoms with Crippen LogP contribution < -0.4 is 4.74 Å². The molecule has 3 aromatic rings. The number of methoxy groups -OCH3 is 1. The lowest BCUT2D eigenvalue weighted by molar-refractivity contribution is -0.140. The minimum atomic E-state index is -0.205. The summed E-state index contributed by atoms with van der Waals surface area (Å²) in [5.41, 5.74) is 2.86. The van der Waals surface area contributed by atoms with Crippen molar-refractivity contribution >= 4 is 5.97 Å². The molecule has 0 atom stereocenters. The molecule has 0 unspecified atom stereocenters. The first-order chi connectivity index (χ1) is 12.7. The van der Waals surface area contributed by atoms with Crippen molar-refractivity contribution in [1.82, 2.24) is 9.97 Å². The van der Waals surface area contributed by atoms with Crippen LogP contribution in [-0.2, 0) is 22.6 Å². The molecule has 0 radical (unpaired) electrons. The monoisotopic (exact) mass is 348 g/mol. The number of hydrogen-bond donors (Lipinski definition) is 0. The van der Waals surface area contributed by atoms with Crippen LogP contribution in [0.4, 0.5) is 0 Å². The molecule has 0 saturated carbocycles. The van der Waals surface area contributed by atoms with E-state index in [0.717, 1.165) is 22.6 Å². The zero-order valence-electron chi connectivity index (χ0n) is 14.6. The van der Waals surface area contributed by atoms with Crippen LogP contribution in [0, 0.1) is 0 Å². The second-order valence-corrected chi connectivity index (χ2v) is 5.75. The first-order valence-electron chi connectivity index (χ1n) is 8.40. The number of carbonyl (C=O) groups excluding carboxylic acids is 1. The molecule has 1 aromatic heterocycles. The van der Waals surface area contributed by atoms with Gasteiger partial charge in [-0.3, -0.25) is 4.79 Å². The highest BCUT2D eigenvalue weighted by atomic mass is 16.5. The van der Waals surface area contributed by atoms with E-state index in [0.29, 0.717) is 25.3 Å². The van der Waals surface area contributed by atoms with Gasteiger partial charge in [0.2, 0.25) is 0 Å². The molecule has 0 aliphatic rings. The summed E-state index contributed by atoms with van der Waals surface area (Å²) in [4.78, 5) is 20.0. The second kappa shape index (κ2) is 8.76. The topological polar surface area (TPSA) is 61.3 Å². The third-order valence-corrected chi connectivity index (χ3v) is 3.90. The van der Waals surface area contributed by atoms with Gasteiger partial charge in [-0.2, -0.15) is 0 Å². The maximum atomic E-state index is 11.2. The standard InChI is InChI=1S/C21H20N2O3/c1-25-20(24)12-9-16-7-10-19(11-8-16)26-15-18-13-14-22-21(23-18)17-5-3-2-4-6-17/h2-8,10-11,13-14H,9,12,15H2,1H3. The fourth-order valence-electron chi connectivity index (χ4n) is 2.46. The van der Waals surface area contributed by atoms with Gasteiger partial charge >= 0.3 is 5.97 Å². The molecule has 3 rings (SSSR count). The smallest absolute Gasteiger partial charge is 0.305 e. The molecule has 5 nitrogen and oxygen atoms in total. The Morgan fingerprint density at radius 1 is 1.00 bits per heavy atom. The Balaban J connectivity index is 1.58. The summed E-state index contributed by atoms with van der Waals surface area (Å²) in [6, 6.07) is 19.4. The van der Waals surface area contributed by atoms with Crippen molar-refractivity contribution in [3.05, 3.63) is 78.1 Å². The normalized spacial score (nSPS) is 10.3. The summed E-state index contributed by atoms with van der Waals surface area (Å²) in [6.45, 7) is 0.365. The molecule has 1 heterocycles. The van der Waals surface area contributed by atoms with E-state index >= 15 is 0 Å². The molecule has 0 saturated heterocycles. The molecule has 0 spiro atoms. The van der Waals surface area contributed by atoms with Gasteiger partial charge in [-0.15, -0.1) is 0 Å². The van der Waals surface area contributed by atoms with E-state index in [4.69, 9.17) is 4.74 Å². The lowest BCUT2D eigenvalue weighted by Gasteiger charge is -2.08. The van der Waals surface area contributed by atoms with Gasteiger partial charge in [-0.25, -0.2) is 9.97 Å². The Labute approximate surface area is 152 Å². The average Bonchev–Trinajstić information content (AvgIpc) is 2.72. The van der Waals surface area contributed by atoms with Gasteiger partial charge in [0, 0.05) is 18.2 Å². The predicted molar refractivity (Wildman–Crippen MR) is 98.6 cm³/mol. The van der Waals surface area contributed by atoms with Crippen LogP contribution in [-0.4, -0.2) is 23.0 Å². The molecule has 0 fully saturated rings. The van der Waals surface area contributed by atoms with Crippen LogP contribution in [0.3, 0.4) is 0 Å². The van der Waals surface area contributed by atoms with E-state index in [9.17, 15) is 4.79 Å². The van der Waals surface area contributed by atoms with Gasteiger partial charge in [0.1, 0.15) is 12.4 Å². The van der Waals surface area contributed by atoms with Crippen molar-refractivity contribution in [3.63, 3.8) is 0 Å². The van der Waals surface area contributed by atoms with Crippen molar-refractivity contribution < 1.29 is 14.3 Å². The Hall–Kier alpha value is -3.21. The summed E-state index contributed by atoms with van der Waals surface area (Å²) in [7, 11) is 1.40. The van der Waals surface area contributed by atoms with E-state index in [1.165, 1.54) is 7.11 Å². The largest absolute Gasteiger partial charge is 0.487 e. The summed E-state index contributed by atoms with van der Waals surface area (Å²) >= 11 is 0. The molecule has 26 heavy (non-hydrogen) atoms. The number of esters is 1. The van der Waals surface area contributed by atoms with Gasteiger partial charge in [0.25, 0.3) is 0 Å². The third kappa shape index (κ3) is 4.89. The predicted octanol–water partition coefficient (Wildman–Crippen LogP) is 3.83.